The summed E-state index contributed by atoms with van der Waals surface area (Å²) in [7, 11) is 0. The summed E-state index contributed by atoms with van der Waals surface area (Å²) < 4.78 is 5.89. The summed E-state index contributed by atoms with van der Waals surface area (Å²) in [6, 6.07) is 6.12. The zero-order valence-corrected chi connectivity index (χ0v) is 16.1. The van der Waals surface area contributed by atoms with Crippen LogP contribution in [-0.2, 0) is 11.3 Å². The Bertz CT molecular complexity index is 571. The molecule has 0 saturated carbocycles. The molecular formula is C19H32N4O2. The predicted octanol–water partition coefficient (Wildman–Crippen LogP) is 2.36. The third-order valence-corrected chi connectivity index (χ3v) is 3.33. The number of nitrogens with one attached hydrogen (secondary N) is 3. The van der Waals surface area contributed by atoms with Gasteiger partial charge in [0.1, 0.15) is 5.75 Å². The summed E-state index contributed by atoms with van der Waals surface area (Å²) in [5, 5.41) is 9.05. The molecule has 0 aromatic heterocycles. The fourth-order valence-electron chi connectivity index (χ4n) is 2.15. The smallest absolute Gasteiger partial charge is 0.239 e. The highest BCUT2D eigenvalue weighted by Gasteiger charge is 2.07. The number of hydrogen-bond donors (Lipinski definition) is 3. The van der Waals surface area contributed by atoms with E-state index in [1.807, 2.05) is 46.8 Å². The van der Waals surface area contributed by atoms with Crippen molar-refractivity contribution in [3.8, 4) is 5.75 Å². The standard InChI is InChI=1S/C19H32N4O2/c1-6-10-21-18(24)13-23-19(20-7-2)22-12-16-9-8-15(5)11-17(16)25-14(3)4/h8-9,11,14H,6-7,10,12-13H2,1-5H3,(H,21,24)(H2,20,22,23). The van der Waals surface area contributed by atoms with Gasteiger partial charge in [0.05, 0.1) is 19.2 Å². The van der Waals surface area contributed by atoms with Crippen molar-refractivity contribution in [2.75, 3.05) is 19.6 Å². The zero-order valence-electron chi connectivity index (χ0n) is 16.1. The van der Waals surface area contributed by atoms with E-state index in [4.69, 9.17) is 4.74 Å². The van der Waals surface area contributed by atoms with Gasteiger partial charge in [-0.05, 0) is 45.7 Å². The molecule has 0 bridgehead atoms. The molecule has 0 fully saturated rings. The SMILES string of the molecule is CCCNC(=O)CNC(=NCc1ccc(C)cc1OC(C)C)NCC. The summed E-state index contributed by atoms with van der Waals surface area (Å²) in [5.74, 6) is 1.44. The molecule has 1 aromatic rings. The largest absolute Gasteiger partial charge is 0.491 e. The van der Waals surface area contributed by atoms with Gasteiger partial charge in [0.25, 0.3) is 0 Å². The number of carbonyl (C=O) groups is 1. The van der Waals surface area contributed by atoms with Gasteiger partial charge in [0.15, 0.2) is 5.96 Å². The van der Waals surface area contributed by atoms with Gasteiger partial charge in [-0.1, -0.05) is 19.1 Å². The Labute approximate surface area is 151 Å². The molecule has 0 unspecified atom stereocenters. The lowest BCUT2D eigenvalue weighted by molar-refractivity contribution is -0.120. The van der Waals surface area contributed by atoms with Crippen LogP contribution in [-0.4, -0.2) is 37.6 Å². The first kappa shape index (κ1) is 20.8. The normalized spacial score (nSPS) is 11.4. The minimum absolute atomic E-state index is 0.0355. The number of benzene rings is 1. The van der Waals surface area contributed by atoms with Crippen molar-refractivity contribution >= 4 is 11.9 Å². The highest BCUT2D eigenvalue weighted by molar-refractivity contribution is 5.86. The maximum Gasteiger partial charge on any atom is 0.239 e. The van der Waals surface area contributed by atoms with E-state index < -0.39 is 0 Å². The molecule has 1 rings (SSSR count). The molecule has 25 heavy (non-hydrogen) atoms. The zero-order chi connectivity index (χ0) is 18.7. The molecule has 0 radical (unpaired) electrons. The number of nitrogens with zero attached hydrogens (tertiary/aromatic N) is 1. The Balaban J connectivity index is 2.75. The average molecular weight is 348 g/mol. The van der Waals surface area contributed by atoms with Crippen LogP contribution < -0.4 is 20.7 Å². The fraction of sp³-hybridized carbons (Fsp3) is 0.579. The van der Waals surface area contributed by atoms with E-state index in [9.17, 15) is 4.79 Å². The topological polar surface area (TPSA) is 74.8 Å². The number of carbonyl (C=O) groups excluding carboxylic acids is 1. The van der Waals surface area contributed by atoms with Gasteiger partial charge >= 0.3 is 0 Å². The van der Waals surface area contributed by atoms with Gasteiger partial charge in [-0.15, -0.1) is 0 Å². The van der Waals surface area contributed by atoms with E-state index in [0.29, 0.717) is 19.0 Å². The Morgan fingerprint density at radius 1 is 1.20 bits per heavy atom. The van der Waals surface area contributed by atoms with Crippen LogP contribution in [0.15, 0.2) is 23.2 Å². The van der Waals surface area contributed by atoms with Crippen LogP contribution >= 0.6 is 0 Å². The number of aryl methyl sites for hydroxylation is 1. The highest BCUT2D eigenvalue weighted by Crippen LogP contribution is 2.22. The van der Waals surface area contributed by atoms with Gasteiger partial charge in [0.2, 0.25) is 5.91 Å². The van der Waals surface area contributed by atoms with Crippen LogP contribution in [0.5, 0.6) is 5.75 Å². The number of aliphatic imine (C=N–C) groups is 1. The Hall–Kier alpha value is -2.24. The van der Waals surface area contributed by atoms with Gasteiger partial charge in [-0.2, -0.15) is 0 Å². The van der Waals surface area contributed by atoms with Crippen molar-refractivity contribution in [2.45, 2.75) is 53.7 Å². The fourth-order valence-corrected chi connectivity index (χ4v) is 2.15. The highest BCUT2D eigenvalue weighted by atomic mass is 16.5. The maximum absolute atomic E-state index is 11.7. The van der Waals surface area contributed by atoms with Crippen molar-refractivity contribution in [3.05, 3.63) is 29.3 Å². The molecule has 0 atom stereocenters. The van der Waals surface area contributed by atoms with E-state index in [2.05, 4.69) is 27.0 Å². The van der Waals surface area contributed by atoms with Crippen LogP contribution in [0.3, 0.4) is 0 Å². The molecule has 0 heterocycles. The van der Waals surface area contributed by atoms with Crippen LogP contribution in [0.25, 0.3) is 0 Å². The van der Waals surface area contributed by atoms with Crippen molar-refractivity contribution in [1.29, 1.82) is 0 Å². The minimum Gasteiger partial charge on any atom is -0.491 e. The quantitative estimate of drug-likeness (QED) is 0.473. The Kier molecular flexibility index (Phi) is 9.43. The number of rotatable bonds is 9. The minimum atomic E-state index is -0.0355. The molecule has 0 saturated heterocycles. The van der Waals surface area contributed by atoms with E-state index in [1.165, 1.54) is 0 Å². The summed E-state index contributed by atoms with van der Waals surface area (Å²) >= 11 is 0. The lowest BCUT2D eigenvalue weighted by Crippen LogP contribution is -2.43. The molecule has 0 spiro atoms. The number of guanidine groups is 1. The van der Waals surface area contributed by atoms with Gasteiger partial charge in [-0.3, -0.25) is 4.79 Å². The lowest BCUT2D eigenvalue weighted by Gasteiger charge is -2.15. The second-order valence-electron chi connectivity index (χ2n) is 6.18. The van der Waals surface area contributed by atoms with Crippen LogP contribution in [0, 0.1) is 6.92 Å². The maximum atomic E-state index is 11.7. The lowest BCUT2D eigenvalue weighted by atomic mass is 10.1. The number of amides is 1. The summed E-state index contributed by atoms with van der Waals surface area (Å²) in [5.41, 5.74) is 2.17. The molecule has 6 heteroatoms. The molecule has 6 nitrogen and oxygen atoms in total. The third-order valence-electron chi connectivity index (χ3n) is 3.33. The monoisotopic (exact) mass is 348 g/mol. The summed E-state index contributed by atoms with van der Waals surface area (Å²) in [6.45, 7) is 12.2. The Morgan fingerprint density at radius 3 is 2.60 bits per heavy atom. The molecule has 0 aliphatic rings. The van der Waals surface area contributed by atoms with Crippen LogP contribution in [0.1, 0.15) is 45.2 Å². The van der Waals surface area contributed by atoms with Gasteiger partial charge < -0.3 is 20.7 Å². The predicted molar refractivity (Wildman–Crippen MR) is 103 cm³/mol. The second kappa shape index (κ2) is 11.3. The first-order chi connectivity index (χ1) is 12.0. The first-order valence-corrected chi connectivity index (χ1v) is 9.01. The summed E-state index contributed by atoms with van der Waals surface area (Å²) in [6.07, 6.45) is 1.03. The van der Waals surface area contributed by atoms with Crippen molar-refractivity contribution < 1.29 is 9.53 Å². The van der Waals surface area contributed by atoms with Crippen molar-refractivity contribution in [2.24, 2.45) is 4.99 Å². The molecule has 0 aliphatic heterocycles. The molecule has 1 aromatic carbocycles. The van der Waals surface area contributed by atoms with E-state index in [-0.39, 0.29) is 18.6 Å². The van der Waals surface area contributed by atoms with E-state index >= 15 is 0 Å². The molecule has 1 amide bonds. The summed E-state index contributed by atoms with van der Waals surface area (Å²) in [4.78, 5) is 16.3. The third kappa shape index (κ3) is 8.42. The van der Waals surface area contributed by atoms with Gasteiger partial charge in [0, 0.05) is 18.7 Å². The van der Waals surface area contributed by atoms with Crippen LogP contribution in [0.2, 0.25) is 0 Å². The Morgan fingerprint density at radius 2 is 1.96 bits per heavy atom. The molecule has 140 valence electrons. The van der Waals surface area contributed by atoms with Crippen LogP contribution in [0.4, 0.5) is 0 Å². The van der Waals surface area contributed by atoms with E-state index in [1.54, 1.807) is 0 Å². The van der Waals surface area contributed by atoms with E-state index in [0.717, 1.165) is 29.8 Å². The average Bonchev–Trinajstić information content (AvgIpc) is 2.56. The first-order valence-electron chi connectivity index (χ1n) is 9.01. The molecule has 0 aliphatic carbocycles. The molecule has 3 N–H and O–H groups in total. The van der Waals surface area contributed by atoms with Crippen molar-refractivity contribution in [1.82, 2.24) is 16.0 Å². The van der Waals surface area contributed by atoms with Gasteiger partial charge in [-0.25, -0.2) is 4.99 Å². The number of hydrogen-bond acceptors (Lipinski definition) is 3. The number of ether oxygens (including phenoxy) is 1. The molecular weight excluding hydrogens is 316 g/mol. The van der Waals surface area contributed by atoms with Crippen molar-refractivity contribution in [3.63, 3.8) is 0 Å². The second-order valence-corrected chi connectivity index (χ2v) is 6.18.